The van der Waals surface area contributed by atoms with Gasteiger partial charge in [0.25, 0.3) is 0 Å². The molecule has 1 aromatic carbocycles. The second-order valence-electron chi connectivity index (χ2n) is 6.51. The Labute approximate surface area is 130 Å². The third-order valence-electron chi connectivity index (χ3n) is 4.74. The second-order valence-corrected chi connectivity index (χ2v) is 8.50. The lowest BCUT2D eigenvalue weighted by Crippen LogP contribution is -2.50. The lowest BCUT2D eigenvalue weighted by Gasteiger charge is -2.43. The molecule has 1 aromatic rings. The number of fused-ring (bicyclic) bond motifs is 2. The van der Waals surface area contributed by atoms with Crippen molar-refractivity contribution in [1.29, 1.82) is 0 Å². The van der Waals surface area contributed by atoms with Crippen molar-refractivity contribution in [3.8, 4) is 0 Å². The van der Waals surface area contributed by atoms with Crippen molar-refractivity contribution in [3.05, 3.63) is 35.4 Å². The van der Waals surface area contributed by atoms with Crippen LogP contribution >= 0.6 is 0 Å². The molecule has 2 saturated heterocycles. The minimum absolute atomic E-state index is 0.0342. The van der Waals surface area contributed by atoms with Crippen LogP contribution in [0.15, 0.2) is 24.3 Å². The van der Waals surface area contributed by atoms with Crippen LogP contribution in [0.2, 0.25) is 0 Å². The van der Waals surface area contributed by atoms with Crippen molar-refractivity contribution in [2.24, 2.45) is 0 Å². The molecule has 0 aliphatic carbocycles. The summed E-state index contributed by atoms with van der Waals surface area (Å²) >= 11 is 0. The number of halogens is 3. The normalized spacial score (nSPS) is 35.4. The standard InChI is InChI=1S/C16H19F3O2S/c17-16(18,19)12-6-4-11(5-7-12)8-15(20)9-13-2-1-3-14(10-15)22(13)21/h4-7,13-14,20H,1-3,8-10H2. The molecule has 0 radical (unpaired) electrons. The van der Waals surface area contributed by atoms with Crippen molar-refractivity contribution in [2.45, 2.75) is 60.8 Å². The van der Waals surface area contributed by atoms with Gasteiger partial charge in [-0.25, -0.2) is 0 Å². The smallest absolute Gasteiger partial charge is 0.389 e. The molecule has 2 atom stereocenters. The summed E-state index contributed by atoms with van der Waals surface area (Å²) in [6.07, 6.45) is -0.244. The monoisotopic (exact) mass is 332 g/mol. The van der Waals surface area contributed by atoms with Crippen LogP contribution in [-0.2, 0) is 23.4 Å². The van der Waals surface area contributed by atoms with Gasteiger partial charge in [0.1, 0.15) is 0 Å². The zero-order valence-corrected chi connectivity index (χ0v) is 12.9. The third kappa shape index (κ3) is 3.23. The lowest BCUT2D eigenvalue weighted by molar-refractivity contribution is -0.137. The Hall–Kier alpha value is -0.880. The van der Waals surface area contributed by atoms with E-state index in [1.165, 1.54) is 12.1 Å². The van der Waals surface area contributed by atoms with Crippen LogP contribution in [0, 0.1) is 0 Å². The van der Waals surface area contributed by atoms with E-state index in [2.05, 4.69) is 0 Å². The molecule has 0 saturated carbocycles. The minimum Gasteiger partial charge on any atom is -0.389 e. The van der Waals surface area contributed by atoms with Gasteiger partial charge in [-0.05, 0) is 43.4 Å². The maximum absolute atomic E-state index is 12.6. The summed E-state index contributed by atoms with van der Waals surface area (Å²) in [6.45, 7) is 0. The molecule has 0 aromatic heterocycles. The molecule has 0 spiro atoms. The largest absolute Gasteiger partial charge is 0.416 e. The summed E-state index contributed by atoms with van der Waals surface area (Å²) < 4.78 is 49.9. The number of aliphatic hydroxyl groups is 1. The fraction of sp³-hybridized carbons (Fsp3) is 0.625. The average molecular weight is 332 g/mol. The van der Waals surface area contributed by atoms with Gasteiger partial charge in [-0.2, -0.15) is 13.2 Å². The van der Waals surface area contributed by atoms with E-state index in [1.54, 1.807) is 0 Å². The van der Waals surface area contributed by atoms with Gasteiger partial charge in [-0.15, -0.1) is 0 Å². The van der Waals surface area contributed by atoms with Gasteiger partial charge in [-0.1, -0.05) is 18.6 Å². The average Bonchev–Trinajstić information content (AvgIpc) is 2.40. The van der Waals surface area contributed by atoms with Gasteiger partial charge in [0, 0.05) is 27.7 Å². The van der Waals surface area contributed by atoms with Crippen LogP contribution in [0.1, 0.15) is 43.2 Å². The number of hydrogen-bond acceptors (Lipinski definition) is 2. The Bertz CT molecular complexity index is 552. The van der Waals surface area contributed by atoms with E-state index in [4.69, 9.17) is 0 Å². The Kier molecular flexibility index (Phi) is 4.10. The summed E-state index contributed by atoms with van der Waals surface area (Å²) in [7, 11) is -0.865. The van der Waals surface area contributed by atoms with E-state index in [1.807, 2.05) is 0 Å². The number of hydrogen-bond donors (Lipinski definition) is 1. The molecular weight excluding hydrogens is 313 g/mol. The molecular formula is C16H19F3O2S. The number of rotatable bonds is 2. The van der Waals surface area contributed by atoms with Crippen LogP contribution in [0.5, 0.6) is 0 Å². The topological polar surface area (TPSA) is 37.3 Å². The maximum atomic E-state index is 12.6. The van der Waals surface area contributed by atoms with Crippen LogP contribution in [0.3, 0.4) is 0 Å². The number of alkyl halides is 3. The molecule has 1 N–H and O–H groups in total. The fourth-order valence-electron chi connectivity index (χ4n) is 3.71. The first-order chi connectivity index (χ1) is 10.3. The zero-order valence-electron chi connectivity index (χ0n) is 12.1. The van der Waals surface area contributed by atoms with E-state index >= 15 is 0 Å². The molecule has 2 heterocycles. The van der Waals surface area contributed by atoms with Crippen LogP contribution < -0.4 is 0 Å². The Morgan fingerprint density at radius 1 is 1.14 bits per heavy atom. The van der Waals surface area contributed by atoms with Crippen LogP contribution in [0.4, 0.5) is 13.2 Å². The van der Waals surface area contributed by atoms with Crippen molar-refractivity contribution >= 4 is 10.8 Å². The molecule has 2 aliphatic rings. The molecule has 2 bridgehead atoms. The van der Waals surface area contributed by atoms with Gasteiger partial charge in [-0.3, -0.25) is 4.21 Å². The van der Waals surface area contributed by atoms with Crippen molar-refractivity contribution in [2.75, 3.05) is 0 Å². The molecule has 2 fully saturated rings. The molecule has 6 heteroatoms. The summed E-state index contributed by atoms with van der Waals surface area (Å²) in [5, 5.41) is 10.9. The predicted molar refractivity (Wildman–Crippen MR) is 78.9 cm³/mol. The summed E-state index contributed by atoms with van der Waals surface area (Å²) in [4.78, 5) is 0. The summed E-state index contributed by atoms with van der Waals surface area (Å²) in [5.74, 6) is 0. The first kappa shape index (κ1) is 16.0. The Morgan fingerprint density at radius 2 is 1.68 bits per heavy atom. The van der Waals surface area contributed by atoms with Gasteiger partial charge in [0.15, 0.2) is 0 Å². The molecule has 22 heavy (non-hydrogen) atoms. The fourth-order valence-corrected chi connectivity index (χ4v) is 6.00. The van der Waals surface area contributed by atoms with Crippen molar-refractivity contribution in [1.82, 2.24) is 0 Å². The first-order valence-corrected chi connectivity index (χ1v) is 8.82. The van der Waals surface area contributed by atoms with E-state index in [0.29, 0.717) is 24.8 Å². The first-order valence-electron chi connectivity index (χ1n) is 7.55. The summed E-state index contributed by atoms with van der Waals surface area (Å²) in [6, 6.07) is 4.98. The van der Waals surface area contributed by atoms with E-state index in [9.17, 15) is 22.5 Å². The van der Waals surface area contributed by atoms with Crippen LogP contribution in [-0.4, -0.2) is 25.4 Å². The van der Waals surface area contributed by atoms with Crippen LogP contribution in [0.25, 0.3) is 0 Å². The quantitative estimate of drug-likeness (QED) is 0.901. The van der Waals surface area contributed by atoms with Gasteiger partial charge in [0.2, 0.25) is 0 Å². The van der Waals surface area contributed by atoms with E-state index in [-0.39, 0.29) is 10.5 Å². The number of benzene rings is 1. The van der Waals surface area contributed by atoms with Gasteiger partial charge < -0.3 is 5.11 Å². The van der Waals surface area contributed by atoms with Crippen molar-refractivity contribution < 1.29 is 22.5 Å². The molecule has 2 nitrogen and oxygen atoms in total. The SMILES string of the molecule is O=S1C2CCCC1CC(O)(Cc1ccc(C(F)(F)F)cc1)C2. The lowest BCUT2D eigenvalue weighted by atomic mass is 9.81. The highest BCUT2D eigenvalue weighted by Crippen LogP contribution is 2.41. The highest BCUT2D eigenvalue weighted by atomic mass is 32.2. The maximum Gasteiger partial charge on any atom is 0.416 e. The third-order valence-corrected chi connectivity index (χ3v) is 6.86. The molecule has 3 rings (SSSR count). The Morgan fingerprint density at radius 3 is 2.18 bits per heavy atom. The highest BCUT2D eigenvalue weighted by molar-refractivity contribution is 7.86. The van der Waals surface area contributed by atoms with E-state index < -0.39 is 28.1 Å². The molecule has 2 aliphatic heterocycles. The molecule has 122 valence electrons. The van der Waals surface area contributed by atoms with Crippen molar-refractivity contribution in [3.63, 3.8) is 0 Å². The minimum atomic E-state index is -4.34. The predicted octanol–water partition coefficient (Wildman–Crippen LogP) is 3.44. The molecule has 0 amide bonds. The van der Waals surface area contributed by atoms with Gasteiger partial charge in [0.05, 0.1) is 11.2 Å². The zero-order chi connectivity index (χ0) is 16.0. The molecule has 2 unspecified atom stereocenters. The van der Waals surface area contributed by atoms with E-state index in [0.717, 1.165) is 31.4 Å². The second kappa shape index (κ2) is 5.64. The van der Waals surface area contributed by atoms with Gasteiger partial charge >= 0.3 is 6.18 Å². The summed E-state index contributed by atoms with van der Waals surface area (Å²) in [5.41, 5.74) is -0.922. The highest BCUT2D eigenvalue weighted by Gasteiger charge is 2.45. The Balaban J connectivity index is 1.74.